The Morgan fingerprint density at radius 3 is 2.75 bits per heavy atom. The number of aryl methyl sites for hydroxylation is 1. The Morgan fingerprint density at radius 1 is 1.18 bits per heavy atom. The summed E-state index contributed by atoms with van der Waals surface area (Å²) in [7, 11) is 0. The third-order valence-electron chi connectivity index (χ3n) is 4.84. The number of anilines is 1. The number of hydrogen-bond acceptors (Lipinski definition) is 6. The first-order chi connectivity index (χ1) is 13.6. The van der Waals surface area contributed by atoms with Crippen LogP contribution in [0.25, 0.3) is 10.2 Å². The van der Waals surface area contributed by atoms with Gasteiger partial charge in [-0.25, -0.2) is 4.98 Å². The van der Waals surface area contributed by atoms with E-state index in [1.54, 1.807) is 23.1 Å². The first-order valence-electron chi connectivity index (χ1n) is 9.29. The van der Waals surface area contributed by atoms with Crippen molar-refractivity contribution in [2.75, 3.05) is 43.9 Å². The molecule has 0 saturated carbocycles. The molecule has 0 N–H and O–H groups in total. The fraction of sp³-hybridized carbons (Fsp3) is 0.333. The average Bonchev–Trinajstić information content (AvgIpc) is 3.15. The summed E-state index contributed by atoms with van der Waals surface area (Å²) in [4.78, 5) is 22.7. The van der Waals surface area contributed by atoms with Gasteiger partial charge in [-0.15, -0.1) is 11.8 Å². The number of ether oxygens (including phenoxy) is 1. The molecule has 7 heteroatoms. The highest BCUT2D eigenvalue weighted by molar-refractivity contribution is 7.98. The van der Waals surface area contributed by atoms with E-state index in [0.29, 0.717) is 13.1 Å². The quantitative estimate of drug-likeness (QED) is 0.591. The second kappa shape index (κ2) is 8.41. The van der Waals surface area contributed by atoms with Crippen LogP contribution in [0.1, 0.15) is 5.56 Å². The van der Waals surface area contributed by atoms with Gasteiger partial charge in [0.05, 0.1) is 10.2 Å². The van der Waals surface area contributed by atoms with Crippen LogP contribution in [0.5, 0.6) is 5.75 Å². The second-order valence-corrected chi connectivity index (χ2v) is 8.69. The molecule has 1 saturated heterocycles. The number of amides is 1. The maximum absolute atomic E-state index is 12.5. The predicted molar refractivity (Wildman–Crippen MR) is 117 cm³/mol. The van der Waals surface area contributed by atoms with Crippen LogP contribution in [0.2, 0.25) is 0 Å². The van der Waals surface area contributed by atoms with Crippen molar-refractivity contribution < 1.29 is 9.53 Å². The Kier molecular flexibility index (Phi) is 5.73. The number of aromatic nitrogens is 1. The number of thiazole rings is 1. The van der Waals surface area contributed by atoms with Gasteiger partial charge in [0.15, 0.2) is 11.7 Å². The van der Waals surface area contributed by atoms with E-state index < -0.39 is 0 Å². The van der Waals surface area contributed by atoms with E-state index >= 15 is 0 Å². The molecule has 1 fully saturated rings. The van der Waals surface area contributed by atoms with Crippen molar-refractivity contribution in [3.8, 4) is 5.75 Å². The van der Waals surface area contributed by atoms with E-state index in [2.05, 4.69) is 29.4 Å². The molecule has 0 atom stereocenters. The molecule has 146 valence electrons. The predicted octanol–water partition coefficient (Wildman–Crippen LogP) is 4.05. The molecule has 0 unspecified atom stereocenters. The fourth-order valence-corrected chi connectivity index (χ4v) is 4.81. The summed E-state index contributed by atoms with van der Waals surface area (Å²) in [6, 6.07) is 14.2. The molecule has 0 aliphatic carbocycles. The van der Waals surface area contributed by atoms with Crippen molar-refractivity contribution in [1.29, 1.82) is 0 Å². The van der Waals surface area contributed by atoms with Crippen LogP contribution < -0.4 is 9.64 Å². The van der Waals surface area contributed by atoms with Crippen molar-refractivity contribution in [3.63, 3.8) is 0 Å². The van der Waals surface area contributed by atoms with E-state index in [-0.39, 0.29) is 12.5 Å². The molecule has 2 aromatic carbocycles. The number of carbonyl (C=O) groups is 1. The van der Waals surface area contributed by atoms with Crippen molar-refractivity contribution in [1.82, 2.24) is 9.88 Å². The summed E-state index contributed by atoms with van der Waals surface area (Å²) in [5.74, 6) is 0.779. The molecule has 0 bridgehead atoms. The minimum absolute atomic E-state index is 0.0371. The van der Waals surface area contributed by atoms with Gasteiger partial charge in [0.1, 0.15) is 5.75 Å². The Balaban J connectivity index is 1.33. The van der Waals surface area contributed by atoms with E-state index in [4.69, 9.17) is 9.72 Å². The van der Waals surface area contributed by atoms with Gasteiger partial charge in [0, 0.05) is 31.1 Å². The number of benzene rings is 2. The van der Waals surface area contributed by atoms with Gasteiger partial charge in [0.25, 0.3) is 5.91 Å². The minimum atomic E-state index is 0.0371. The zero-order chi connectivity index (χ0) is 19.5. The summed E-state index contributed by atoms with van der Waals surface area (Å²) < 4.78 is 6.87. The van der Waals surface area contributed by atoms with Gasteiger partial charge in [0.2, 0.25) is 0 Å². The Hall–Kier alpha value is -2.25. The Labute approximate surface area is 173 Å². The summed E-state index contributed by atoms with van der Waals surface area (Å²) in [6.45, 7) is 5.08. The molecule has 2 heterocycles. The van der Waals surface area contributed by atoms with E-state index in [9.17, 15) is 4.79 Å². The third-order valence-corrected chi connectivity index (χ3v) is 6.64. The molecule has 28 heavy (non-hydrogen) atoms. The average molecular weight is 414 g/mol. The molecule has 0 spiro atoms. The topological polar surface area (TPSA) is 45.7 Å². The first-order valence-corrected chi connectivity index (χ1v) is 11.3. The Morgan fingerprint density at radius 2 is 2.00 bits per heavy atom. The monoisotopic (exact) mass is 413 g/mol. The van der Waals surface area contributed by atoms with Gasteiger partial charge < -0.3 is 14.5 Å². The molecule has 1 aliphatic heterocycles. The van der Waals surface area contributed by atoms with Gasteiger partial charge in [-0.3, -0.25) is 4.79 Å². The highest BCUT2D eigenvalue weighted by Crippen LogP contribution is 2.32. The van der Waals surface area contributed by atoms with Crippen molar-refractivity contribution >= 4 is 44.4 Å². The molecule has 5 nitrogen and oxygen atoms in total. The first kappa shape index (κ1) is 19.1. The van der Waals surface area contributed by atoms with Crippen molar-refractivity contribution in [2.24, 2.45) is 0 Å². The van der Waals surface area contributed by atoms with Gasteiger partial charge in [-0.1, -0.05) is 23.5 Å². The number of rotatable bonds is 5. The zero-order valence-electron chi connectivity index (χ0n) is 16.1. The van der Waals surface area contributed by atoms with Crippen LogP contribution >= 0.6 is 23.1 Å². The van der Waals surface area contributed by atoms with Crippen LogP contribution in [-0.2, 0) is 4.79 Å². The summed E-state index contributed by atoms with van der Waals surface area (Å²) in [5, 5.41) is 1.04. The van der Waals surface area contributed by atoms with E-state index in [1.807, 2.05) is 36.1 Å². The van der Waals surface area contributed by atoms with Crippen LogP contribution in [-0.4, -0.2) is 54.8 Å². The normalized spacial score (nSPS) is 14.5. The highest BCUT2D eigenvalue weighted by Gasteiger charge is 2.23. The van der Waals surface area contributed by atoms with Gasteiger partial charge >= 0.3 is 0 Å². The molecule has 3 aromatic rings. The lowest BCUT2D eigenvalue weighted by Gasteiger charge is -2.34. The maximum Gasteiger partial charge on any atom is 0.260 e. The Bertz CT molecular complexity index is 981. The molecule has 4 rings (SSSR count). The molecular weight excluding hydrogens is 390 g/mol. The third kappa shape index (κ3) is 4.25. The number of nitrogens with zero attached hydrogens (tertiary/aromatic N) is 3. The van der Waals surface area contributed by atoms with Gasteiger partial charge in [-0.2, -0.15) is 0 Å². The smallest absolute Gasteiger partial charge is 0.260 e. The lowest BCUT2D eigenvalue weighted by molar-refractivity contribution is -0.133. The molecule has 1 amide bonds. The van der Waals surface area contributed by atoms with Crippen LogP contribution in [0.15, 0.2) is 47.4 Å². The highest BCUT2D eigenvalue weighted by atomic mass is 32.2. The van der Waals surface area contributed by atoms with Crippen LogP contribution in [0, 0.1) is 6.92 Å². The largest absolute Gasteiger partial charge is 0.484 e. The molecular formula is C21H23N3O2S2. The SMILES string of the molecule is CSc1ccc2nc(N3CCN(C(=O)COc4cccc(C)c4)CC3)sc2c1. The standard InChI is InChI=1S/C21H23N3O2S2/c1-15-4-3-5-16(12-15)26-14-20(25)23-8-10-24(11-9-23)21-22-18-7-6-17(27-2)13-19(18)28-21/h3-7,12-13H,8-11,14H2,1-2H3. The lowest BCUT2D eigenvalue weighted by Crippen LogP contribution is -2.50. The van der Waals surface area contributed by atoms with Crippen LogP contribution in [0.3, 0.4) is 0 Å². The lowest BCUT2D eigenvalue weighted by atomic mass is 10.2. The summed E-state index contributed by atoms with van der Waals surface area (Å²) in [5.41, 5.74) is 2.17. The summed E-state index contributed by atoms with van der Waals surface area (Å²) in [6.07, 6.45) is 2.09. The number of fused-ring (bicyclic) bond motifs is 1. The minimum Gasteiger partial charge on any atom is -0.484 e. The second-order valence-electron chi connectivity index (χ2n) is 6.80. The zero-order valence-corrected chi connectivity index (χ0v) is 17.7. The van der Waals surface area contributed by atoms with Gasteiger partial charge in [-0.05, 0) is 49.1 Å². The molecule has 1 aromatic heterocycles. The molecule has 1 aliphatic rings. The van der Waals surface area contributed by atoms with E-state index in [0.717, 1.165) is 35.1 Å². The summed E-state index contributed by atoms with van der Waals surface area (Å²) >= 11 is 3.47. The number of thioether (sulfide) groups is 1. The van der Waals surface area contributed by atoms with Crippen molar-refractivity contribution in [2.45, 2.75) is 11.8 Å². The van der Waals surface area contributed by atoms with Crippen LogP contribution in [0.4, 0.5) is 5.13 Å². The van der Waals surface area contributed by atoms with Crippen molar-refractivity contribution in [3.05, 3.63) is 48.0 Å². The number of carbonyl (C=O) groups excluding carboxylic acids is 1. The maximum atomic E-state index is 12.5. The van der Waals surface area contributed by atoms with E-state index in [1.165, 1.54) is 9.60 Å². The fourth-order valence-electron chi connectivity index (χ4n) is 3.24. The number of hydrogen-bond donors (Lipinski definition) is 0. The molecule has 0 radical (unpaired) electrons. The number of piperazine rings is 1.